The molecule has 31 heavy (non-hydrogen) atoms. The largest absolute Gasteiger partial charge is 0.497 e. The van der Waals surface area contributed by atoms with E-state index in [1.54, 1.807) is 39.5 Å². The van der Waals surface area contributed by atoms with Crippen LogP contribution in [-0.2, 0) is 0 Å². The molecule has 1 unspecified atom stereocenters. The summed E-state index contributed by atoms with van der Waals surface area (Å²) in [6, 6.07) is 16.1. The molecule has 1 aliphatic heterocycles. The van der Waals surface area contributed by atoms with Crippen LogP contribution in [0.15, 0.2) is 68.8 Å². The van der Waals surface area contributed by atoms with Gasteiger partial charge in [0.05, 0.1) is 33.1 Å². The predicted octanol–water partition coefficient (Wildman–Crippen LogP) is 5.06. The fraction of sp³-hybridized carbons (Fsp3) is 0.217. The van der Waals surface area contributed by atoms with Crippen molar-refractivity contribution in [1.82, 2.24) is 5.01 Å². The number of carbonyl (C=O) groups is 1. The number of rotatable bonds is 6. The Bertz CT molecular complexity index is 1120. The maximum atomic E-state index is 13.3. The molecule has 1 amide bonds. The number of methoxy groups -OCH3 is 3. The normalized spacial score (nSPS) is 15.5. The highest BCUT2D eigenvalue weighted by Gasteiger charge is 2.36. The minimum Gasteiger partial charge on any atom is -0.497 e. The summed E-state index contributed by atoms with van der Waals surface area (Å²) >= 11 is 3.25. The second-order valence-electron chi connectivity index (χ2n) is 6.86. The van der Waals surface area contributed by atoms with E-state index >= 15 is 0 Å². The van der Waals surface area contributed by atoms with Gasteiger partial charge in [0.1, 0.15) is 17.2 Å². The van der Waals surface area contributed by atoms with E-state index in [0.29, 0.717) is 28.3 Å². The highest BCUT2D eigenvalue weighted by molar-refractivity contribution is 9.10. The predicted molar refractivity (Wildman–Crippen MR) is 119 cm³/mol. The van der Waals surface area contributed by atoms with Crippen LogP contribution < -0.4 is 14.2 Å². The molecule has 1 aromatic heterocycles. The van der Waals surface area contributed by atoms with Crippen molar-refractivity contribution in [1.29, 1.82) is 0 Å². The van der Waals surface area contributed by atoms with Gasteiger partial charge < -0.3 is 18.6 Å². The van der Waals surface area contributed by atoms with E-state index in [2.05, 4.69) is 21.0 Å². The lowest BCUT2D eigenvalue weighted by Gasteiger charge is -2.22. The average Bonchev–Trinajstić information content (AvgIpc) is 3.45. The molecule has 1 atom stereocenters. The number of ether oxygens (including phenoxy) is 3. The van der Waals surface area contributed by atoms with Crippen molar-refractivity contribution >= 4 is 27.5 Å². The Labute approximate surface area is 188 Å². The maximum Gasteiger partial charge on any atom is 0.310 e. The van der Waals surface area contributed by atoms with Crippen LogP contribution in [0.25, 0.3) is 0 Å². The zero-order valence-corrected chi connectivity index (χ0v) is 18.9. The van der Waals surface area contributed by atoms with Crippen molar-refractivity contribution in [3.63, 3.8) is 0 Å². The van der Waals surface area contributed by atoms with Crippen LogP contribution >= 0.6 is 15.9 Å². The van der Waals surface area contributed by atoms with Gasteiger partial charge >= 0.3 is 5.91 Å². The van der Waals surface area contributed by atoms with Gasteiger partial charge in [0.15, 0.2) is 10.4 Å². The average molecular weight is 485 g/mol. The second kappa shape index (κ2) is 8.85. The number of benzene rings is 2. The van der Waals surface area contributed by atoms with Gasteiger partial charge in [-0.25, -0.2) is 5.01 Å². The zero-order chi connectivity index (χ0) is 22.0. The molecular weight excluding hydrogens is 464 g/mol. The Morgan fingerprint density at radius 1 is 1.03 bits per heavy atom. The van der Waals surface area contributed by atoms with E-state index in [1.807, 2.05) is 36.4 Å². The van der Waals surface area contributed by atoms with Gasteiger partial charge in [-0.2, -0.15) is 5.10 Å². The summed E-state index contributed by atoms with van der Waals surface area (Å²) in [5.41, 5.74) is 2.40. The summed E-state index contributed by atoms with van der Waals surface area (Å²) in [6.45, 7) is 0. The van der Waals surface area contributed by atoms with Gasteiger partial charge in [-0.15, -0.1) is 0 Å². The molecule has 0 spiro atoms. The highest BCUT2D eigenvalue weighted by Crippen LogP contribution is 2.39. The standard InChI is InChI=1S/C23H21BrN2O5/c1-28-15-10-14(11-16(12-15)29-2)18-13-19(17-6-4-5-7-20(17)30-3)26(25-18)23(27)21-8-9-22(24)31-21/h4-12,19H,13H2,1-3H3. The van der Waals surface area contributed by atoms with Crippen molar-refractivity contribution in [2.45, 2.75) is 12.5 Å². The summed E-state index contributed by atoms with van der Waals surface area (Å²) in [5.74, 6) is 1.83. The maximum absolute atomic E-state index is 13.3. The number of para-hydroxylation sites is 1. The van der Waals surface area contributed by atoms with E-state index in [9.17, 15) is 4.79 Å². The van der Waals surface area contributed by atoms with Crippen molar-refractivity contribution in [2.75, 3.05) is 21.3 Å². The lowest BCUT2D eigenvalue weighted by molar-refractivity contribution is 0.0675. The Morgan fingerprint density at radius 3 is 2.35 bits per heavy atom. The lowest BCUT2D eigenvalue weighted by atomic mass is 9.97. The molecule has 0 N–H and O–H groups in total. The molecular formula is C23H21BrN2O5. The van der Waals surface area contributed by atoms with E-state index in [-0.39, 0.29) is 17.7 Å². The van der Waals surface area contributed by atoms with E-state index in [1.165, 1.54) is 5.01 Å². The number of hydrazone groups is 1. The first kappa shape index (κ1) is 21.0. The van der Waals surface area contributed by atoms with Crippen LogP contribution in [0.3, 0.4) is 0 Å². The van der Waals surface area contributed by atoms with Crippen LogP contribution in [0.5, 0.6) is 17.2 Å². The van der Waals surface area contributed by atoms with Gasteiger partial charge in [0.2, 0.25) is 0 Å². The molecule has 4 rings (SSSR count). The lowest BCUT2D eigenvalue weighted by Crippen LogP contribution is -2.27. The van der Waals surface area contributed by atoms with E-state index in [0.717, 1.165) is 16.8 Å². The van der Waals surface area contributed by atoms with Crippen LogP contribution in [0.4, 0.5) is 0 Å². The summed E-state index contributed by atoms with van der Waals surface area (Å²) in [4.78, 5) is 13.3. The number of nitrogens with zero attached hydrogens (tertiary/aromatic N) is 2. The van der Waals surface area contributed by atoms with Crippen LogP contribution in [0, 0.1) is 0 Å². The van der Waals surface area contributed by atoms with Gasteiger partial charge in [-0.3, -0.25) is 4.79 Å². The second-order valence-corrected chi connectivity index (χ2v) is 7.64. The highest BCUT2D eigenvalue weighted by atomic mass is 79.9. The molecule has 0 radical (unpaired) electrons. The number of hydrogen-bond donors (Lipinski definition) is 0. The summed E-state index contributed by atoms with van der Waals surface area (Å²) in [5, 5.41) is 6.14. The topological polar surface area (TPSA) is 73.5 Å². The third-order valence-corrected chi connectivity index (χ3v) is 5.51. The Kier molecular flexibility index (Phi) is 5.99. The number of hydrogen-bond acceptors (Lipinski definition) is 6. The Balaban J connectivity index is 1.79. The molecule has 2 aromatic carbocycles. The first-order chi connectivity index (χ1) is 15.0. The third kappa shape index (κ3) is 4.16. The van der Waals surface area contributed by atoms with Crippen molar-refractivity contribution in [3.8, 4) is 17.2 Å². The first-order valence-electron chi connectivity index (χ1n) is 9.56. The number of halogens is 1. The number of amides is 1. The minimum atomic E-state index is -0.361. The van der Waals surface area contributed by atoms with E-state index < -0.39 is 0 Å². The van der Waals surface area contributed by atoms with Gasteiger partial charge in [-0.1, -0.05) is 18.2 Å². The molecule has 0 aliphatic carbocycles. The molecule has 0 fully saturated rings. The zero-order valence-electron chi connectivity index (χ0n) is 17.3. The molecule has 7 nitrogen and oxygen atoms in total. The monoisotopic (exact) mass is 484 g/mol. The van der Waals surface area contributed by atoms with Crippen LogP contribution in [-0.4, -0.2) is 38.0 Å². The molecule has 0 bridgehead atoms. The quantitative estimate of drug-likeness (QED) is 0.488. The van der Waals surface area contributed by atoms with Crippen molar-refractivity contribution < 1.29 is 23.4 Å². The first-order valence-corrected chi connectivity index (χ1v) is 10.4. The van der Waals surface area contributed by atoms with Crippen molar-refractivity contribution in [2.24, 2.45) is 5.10 Å². The molecule has 8 heteroatoms. The minimum absolute atomic E-state index is 0.194. The number of furan rings is 1. The van der Waals surface area contributed by atoms with Crippen LogP contribution in [0.1, 0.15) is 34.1 Å². The van der Waals surface area contributed by atoms with Gasteiger partial charge in [-0.05, 0) is 46.3 Å². The summed E-state index contributed by atoms with van der Waals surface area (Å²) in [6.07, 6.45) is 0.490. The van der Waals surface area contributed by atoms with Gasteiger partial charge in [0, 0.05) is 23.6 Å². The Morgan fingerprint density at radius 2 is 1.74 bits per heavy atom. The molecule has 2 heterocycles. The fourth-order valence-electron chi connectivity index (χ4n) is 3.57. The smallest absolute Gasteiger partial charge is 0.310 e. The third-order valence-electron chi connectivity index (χ3n) is 5.09. The number of carbonyl (C=O) groups excluding carboxylic acids is 1. The van der Waals surface area contributed by atoms with Gasteiger partial charge in [0.25, 0.3) is 0 Å². The SMILES string of the molecule is COc1cc(OC)cc(C2=NN(C(=O)c3ccc(Br)o3)C(c3ccccc3OC)C2)c1. The molecule has 3 aromatic rings. The Hall–Kier alpha value is -3.26. The van der Waals surface area contributed by atoms with Crippen molar-refractivity contribution in [3.05, 3.63) is 76.2 Å². The molecule has 160 valence electrons. The fourth-order valence-corrected chi connectivity index (χ4v) is 3.88. The van der Waals surface area contributed by atoms with E-state index in [4.69, 9.17) is 18.6 Å². The molecule has 0 saturated heterocycles. The molecule has 0 saturated carbocycles. The summed E-state index contributed by atoms with van der Waals surface area (Å²) in [7, 11) is 4.80. The van der Waals surface area contributed by atoms with Crippen LogP contribution in [0.2, 0.25) is 0 Å². The summed E-state index contributed by atoms with van der Waals surface area (Å²) < 4.78 is 22.3. The molecule has 1 aliphatic rings.